The Morgan fingerprint density at radius 3 is 2.32 bits per heavy atom. The number of nitrogens with one attached hydrogen (secondary N) is 2. The van der Waals surface area contributed by atoms with Crippen molar-refractivity contribution in [1.29, 1.82) is 0 Å². The van der Waals surface area contributed by atoms with Gasteiger partial charge in [-0.2, -0.15) is 4.31 Å². The van der Waals surface area contributed by atoms with E-state index in [1.807, 2.05) is 18.8 Å². The zero-order valence-electron chi connectivity index (χ0n) is 10.8. The Balaban J connectivity index is 2.42. The monoisotopic (exact) mass is 287 g/mol. The number of sulfonamides is 1. The van der Waals surface area contributed by atoms with Crippen LogP contribution < -0.4 is 11.2 Å². The summed E-state index contributed by atoms with van der Waals surface area (Å²) in [6, 6.07) is 0. The molecule has 0 spiro atoms. The summed E-state index contributed by atoms with van der Waals surface area (Å²) >= 11 is 0. The molecular weight excluding hydrogens is 270 g/mol. The van der Waals surface area contributed by atoms with Crippen LogP contribution in [0.25, 0.3) is 0 Å². The molecule has 2 N–H and O–H groups in total. The molecule has 2 atom stereocenters. The van der Waals surface area contributed by atoms with Gasteiger partial charge in [0, 0.05) is 19.3 Å². The molecule has 2 rings (SSSR count). The largest absolute Gasteiger partial charge is 0.325 e. The number of rotatable bonds is 2. The first-order valence-corrected chi connectivity index (χ1v) is 7.57. The van der Waals surface area contributed by atoms with Crippen LogP contribution in [0.15, 0.2) is 20.7 Å². The van der Waals surface area contributed by atoms with Crippen molar-refractivity contribution in [3.8, 4) is 0 Å². The van der Waals surface area contributed by atoms with E-state index < -0.39 is 26.2 Å². The van der Waals surface area contributed by atoms with Gasteiger partial charge in [0.2, 0.25) is 10.0 Å². The predicted octanol–water partition coefficient (Wildman–Crippen LogP) is -0.270. The SMILES string of the molecule is CC1CC(C)CN(S(=O)(=O)c2c[nH]c(=O)[nH]c2=O)C1. The standard InChI is InChI=1S/C11H17N3O4S/c1-7-3-8(2)6-14(5-7)19(17,18)9-4-12-11(16)13-10(9)15/h4,7-8H,3,5-6H2,1-2H3,(H2,12,13,15,16). The molecule has 19 heavy (non-hydrogen) atoms. The summed E-state index contributed by atoms with van der Waals surface area (Å²) in [5.74, 6) is 0.501. The minimum absolute atomic E-state index is 0.250. The third-order valence-corrected chi connectivity index (χ3v) is 5.08. The zero-order chi connectivity index (χ0) is 14.2. The van der Waals surface area contributed by atoms with Crippen molar-refractivity contribution in [1.82, 2.24) is 14.3 Å². The number of aromatic nitrogens is 2. The van der Waals surface area contributed by atoms with Gasteiger partial charge < -0.3 is 4.98 Å². The molecule has 1 fully saturated rings. The predicted molar refractivity (Wildman–Crippen MR) is 69.4 cm³/mol. The lowest BCUT2D eigenvalue weighted by atomic mass is 9.94. The van der Waals surface area contributed by atoms with Gasteiger partial charge in [0.05, 0.1) is 0 Å². The average molecular weight is 287 g/mol. The Morgan fingerprint density at radius 1 is 1.21 bits per heavy atom. The van der Waals surface area contributed by atoms with Crippen molar-refractivity contribution in [3.05, 3.63) is 27.0 Å². The van der Waals surface area contributed by atoms with Crippen molar-refractivity contribution < 1.29 is 8.42 Å². The molecule has 7 nitrogen and oxygen atoms in total. The Morgan fingerprint density at radius 2 is 1.79 bits per heavy atom. The summed E-state index contributed by atoms with van der Waals surface area (Å²) in [6.45, 7) is 4.75. The Kier molecular flexibility index (Phi) is 3.64. The number of piperidine rings is 1. The van der Waals surface area contributed by atoms with Crippen LogP contribution in [0, 0.1) is 11.8 Å². The van der Waals surface area contributed by atoms with E-state index in [2.05, 4.69) is 4.98 Å². The van der Waals surface area contributed by atoms with Crippen molar-refractivity contribution in [2.45, 2.75) is 25.2 Å². The van der Waals surface area contributed by atoms with Gasteiger partial charge in [0.15, 0.2) is 4.90 Å². The lowest BCUT2D eigenvalue weighted by molar-refractivity contribution is 0.222. The molecule has 0 saturated carbocycles. The van der Waals surface area contributed by atoms with Gasteiger partial charge >= 0.3 is 5.69 Å². The fourth-order valence-corrected chi connectivity index (χ4v) is 4.20. The molecule has 0 radical (unpaired) electrons. The lowest BCUT2D eigenvalue weighted by Crippen LogP contribution is -2.44. The minimum atomic E-state index is -3.86. The topological polar surface area (TPSA) is 103 Å². The van der Waals surface area contributed by atoms with Crippen molar-refractivity contribution in [2.24, 2.45) is 11.8 Å². The van der Waals surface area contributed by atoms with Gasteiger partial charge in [0.1, 0.15) is 0 Å². The third-order valence-electron chi connectivity index (χ3n) is 3.24. The summed E-state index contributed by atoms with van der Waals surface area (Å²) in [5, 5.41) is 0. The highest BCUT2D eigenvalue weighted by Gasteiger charge is 2.33. The van der Waals surface area contributed by atoms with Gasteiger partial charge in [-0.15, -0.1) is 0 Å². The van der Waals surface area contributed by atoms with Crippen LogP contribution in [0.2, 0.25) is 0 Å². The van der Waals surface area contributed by atoms with Gasteiger partial charge in [-0.05, 0) is 18.3 Å². The van der Waals surface area contributed by atoms with Crippen LogP contribution in [-0.4, -0.2) is 35.8 Å². The van der Waals surface area contributed by atoms with Crippen LogP contribution in [0.4, 0.5) is 0 Å². The molecule has 2 unspecified atom stereocenters. The molecule has 1 aromatic heterocycles. The molecule has 1 saturated heterocycles. The molecule has 2 heterocycles. The summed E-state index contributed by atoms with van der Waals surface area (Å²) in [7, 11) is -3.86. The lowest BCUT2D eigenvalue weighted by Gasteiger charge is -2.33. The second kappa shape index (κ2) is 4.93. The maximum atomic E-state index is 12.4. The fraction of sp³-hybridized carbons (Fsp3) is 0.636. The maximum absolute atomic E-state index is 12.4. The first-order valence-electron chi connectivity index (χ1n) is 6.13. The van der Waals surface area contributed by atoms with E-state index in [4.69, 9.17) is 0 Å². The van der Waals surface area contributed by atoms with Crippen molar-refractivity contribution in [2.75, 3.05) is 13.1 Å². The Hall–Kier alpha value is -1.41. The molecular formula is C11H17N3O4S. The maximum Gasteiger partial charge on any atom is 0.325 e. The van der Waals surface area contributed by atoms with Crippen LogP contribution >= 0.6 is 0 Å². The molecule has 0 aromatic carbocycles. The molecule has 1 aliphatic heterocycles. The van der Waals surface area contributed by atoms with Crippen LogP contribution in [0.5, 0.6) is 0 Å². The van der Waals surface area contributed by atoms with Gasteiger partial charge in [-0.3, -0.25) is 9.78 Å². The highest BCUT2D eigenvalue weighted by molar-refractivity contribution is 7.89. The van der Waals surface area contributed by atoms with Crippen molar-refractivity contribution in [3.63, 3.8) is 0 Å². The van der Waals surface area contributed by atoms with Gasteiger partial charge in [0.25, 0.3) is 5.56 Å². The van der Waals surface area contributed by atoms with E-state index in [0.29, 0.717) is 13.1 Å². The summed E-state index contributed by atoms with van der Waals surface area (Å²) in [5.41, 5.74) is -1.60. The quantitative estimate of drug-likeness (QED) is 0.781. The van der Waals surface area contributed by atoms with E-state index >= 15 is 0 Å². The highest BCUT2D eigenvalue weighted by Crippen LogP contribution is 2.25. The van der Waals surface area contributed by atoms with Crippen LogP contribution in [0.3, 0.4) is 0 Å². The number of H-pyrrole nitrogens is 2. The van der Waals surface area contributed by atoms with Crippen LogP contribution in [-0.2, 0) is 10.0 Å². The highest BCUT2D eigenvalue weighted by atomic mass is 32.2. The second-order valence-electron chi connectivity index (χ2n) is 5.20. The normalized spacial score (nSPS) is 25.4. The van der Waals surface area contributed by atoms with E-state index in [-0.39, 0.29) is 11.8 Å². The second-order valence-corrected chi connectivity index (χ2v) is 7.11. The van der Waals surface area contributed by atoms with E-state index in [1.54, 1.807) is 0 Å². The summed E-state index contributed by atoms with van der Waals surface area (Å²) in [4.78, 5) is 26.3. The average Bonchev–Trinajstić information content (AvgIpc) is 2.26. The van der Waals surface area contributed by atoms with Crippen LogP contribution in [0.1, 0.15) is 20.3 Å². The summed E-state index contributed by atoms with van der Waals surface area (Å²) < 4.78 is 26.1. The van der Waals surface area contributed by atoms with Crippen molar-refractivity contribution >= 4 is 10.0 Å². The smallest absolute Gasteiger partial charge is 0.313 e. The van der Waals surface area contributed by atoms with E-state index in [1.165, 1.54) is 4.31 Å². The molecule has 0 aliphatic carbocycles. The molecule has 1 aliphatic rings. The molecule has 106 valence electrons. The molecule has 0 bridgehead atoms. The van der Waals surface area contributed by atoms with Gasteiger partial charge in [-0.25, -0.2) is 13.2 Å². The van der Waals surface area contributed by atoms with E-state index in [9.17, 15) is 18.0 Å². The van der Waals surface area contributed by atoms with E-state index in [0.717, 1.165) is 12.6 Å². The minimum Gasteiger partial charge on any atom is -0.313 e. The molecule has 0 amide bonds. The number of hydrogen-bond donors (Lipinski definition) is 2. The number of hydrogen-bond acceptors (Lipinski definition) is 4. The number of nitrogens with zero attached hydrogens (tertiary/aromatic N) is 1. The first kappa shape index (κ1) is 14.0. The third kappa shape index (κ3) is 2.79. The summed E-state index contributed by atoms with van der Waals surface area (Å²) in [6.07, 6.45) is 1.93. The Labute approximate surface area is 110 Å². The fourth-order valence-electron chi connectivity index (χ4n) is 2.53. The molecule has 8 heteroatoms. The first-order chi connectivity index (χ1) is 8.80. The molecule has 1 aromatic rings. The van der Waals surface area contributed by atoms with Gasteiger partial charge in [-0.1, -0.05) is 13.8 Å². The Bertz CT molecular complexity index is 666. The zero-order valence-corrected chi connectivity index (χ0v) is 11.7. The number of aromatic amines is 2.